The second kappa shape index (κ2) is 12.0. The van der Waals surface area contributed by atoms with Crippen molar-refractivity contribution in [1.29, 1.82) is 0 Å². The highest BCUT2D eigenvalue weighted by molar-refractivity contribution is 5.96. The van der Waals surface area contributed by atoms with Gasteiger partial charge in [0.25, 0.3) is 0 Å². The van der Waals surface area contributed by atoms with E-state index in [9.17, 15) is 27.9 Å². The fourth-order valence-electron chi connectivity index (χ4n) is 4.91. The van der Waals surface area contributed by atoms with Crippen molar-refractivity contribution in [1.82, 2.24) is 0 Å². The third-order valence-electron chi connectivity index (χ3n) is 7.15. The molecule has 0 amide bonds. The number of alkyl halides is 3. The van der Waals surface area contributed by atoms with Crippen LogP contribution < -0.4 is 0 Å². The van der Waals surface area contributed by atoms with Crippen LogP contribution in [-0.2, 0) is 25.2 Å². The quantitative estimate of drug-likeness (QED) is 0.186. The highest BCUT2D eigenvalue weighted by Crippen LogP contribution is 2.35. The molecule has 8 heteroatoms. The predicted octanol–water partition coefficient (Wildman–Crippen LogP) is 6.81. The molecule has 1 atom stereocenters. The molecule has 0 bridgehead atoms. The van der Waals surface area contributed by atoms with Crippen molar-refractivity contribution < 1.29 is 37.3 Å². The van der Waals surface area contributed by atoms with E-state index < -0.39 is 41.8 Å². The van der Waals surface area contributed by atoms with E-state index in [1.165, 1.54) is 12.1 Å². The third kappa shape index (κ3) is 6.44. The number of cyclic esters (lactones) is 1. The van der Waals surface area contributed by atoms with Crippen molar-refractivity contribution in [3.8, 4) is 11.1 Å². The van der Waals surface area contributed by atoms with Crippen LogP contribution in [0.25, 0.3) is 17.2 Å². The Kier molecular flexibility index (Phi) is 8.27. The molecule has 4 aromatic rings. The van der Waals surface area contributed by atoms with E-state index in [4.69, 9.17) is 9.47 Å². The highest BCUT2D eigenvalue weighted by atomic mass is 19.4. The molecule has 4 aromatic carbocycles. The van der Waals surface area contributed by atoms with E-state index in [0.717, 1.165) is 23.3 Å². The normalized spacial score (nSPS) is 17.8. The van der Waals surface area contributed by atoms with Gasteiger partial charge < -0.3 is 14.6 Å². The van der Waals surface area contributed by atoms with Gasteiger partial charge in [0, 0.05) is 12.0 Å². The average Bonchev–Trinajstić information content (AvgIpc) is 3.32. The molecule has 42 heavy (non-hydrogen) atoms. The van der Waals surface area contributed by atoms with Gasteiger partial charge in [0.1, 0.15) is 12.5 Å². The van der Waals surface area contributed by atoms with Crippen LogP contribution in [-0.4, -0.2) is 35.9 Å². The van der Waals surface area contributed by atoms with Crippen molar-refractivity contribution in [2.45, 2.75) is 24.1 Å². The topological polar surface area (TPSA) is 72.8 Å². The Morgan fingerprint density at radius 1 is 0.857 bits per heavy atom. The highest BCUT2D eigenvalue weighted by Gasteiger charge is 2.45. The summed E-state index contributed by atoms with van der Waals surface area (Å²) >= 11 is 0. The van der Waals surface area contributed by atoms with Crippen molar-refractivity contribution >= 4 is 18.0 Å². The van der Waals surface area contributed by atoms with E-state index in [2.05, 4.69) is 0 Å². The predicted molar refractivity (Wildman–Crippen MR) is 151 cm³/mol. The number of aliphatic hydroxyl groups is 1. The largest absolute Gasteiger partial charge is 0.461 e. The number of esters is 2. The van der Waals surface area contributed by atoms with Crippen LogP contribution in [0.15, 0.2) is 115 Å². The standard InChI is InChI=1S/C34H27F3O5/c35-34(36,37)29-17-15-25(16-18-29)24-13-11-23(12-14-24)19-28-20-33(21-38,42-31(28)39)22-41-32(40)30(26-7-3-1-4-8-26)27-9-5-2-6-10-27/h1-19,30,38H,20-22H2/b28-19+. The molecule has 0 radical (unpaired) electrons. The Balaban J connectivity index is 1.28. The molecule has 1 saturated heterocycles. The summed E-state index contributed by atoms with van der Waals surface area (Å²) < 4.78 is 49.8. The maximum absolute atomic E-state index is 13.3. The summed E-state index contributed by atoms with van der Waals surface area (Å²) in [6.45, 7) is -0.869. The van der Waals surface area contributed by atoms with Crippen LogP contribution in [0.2, 0.25) is 0 Å². The Bertz CT molecular complexity index is 1520. The van der Waals surface area contributed by atoms with Crippen LogP contribution >= 0.6 is 0 Å². The summed E-state index contributed by atoms with van der Waals surface area (Å²) in [4.78, 5) is 26.1. The minimum Gasteiger partial charge on any atom is -0.461 e. The van der Waals surface area contributed by atoms with Gasteiger partial charge >= 0.3 is 18.1 Å². The number of ether oxygens (including phenoxy) is 2. The second-order valence-electron chi connectivity index (χ2n) is 10.1. The van der Waals surface area contributed by atoms with Crippen molar-refractivity contribution in [3.63, 3.8) is 0 Å². The van der Waals surface area contributed by atoms with E-state index in [1.807, 2.05) is 60.7 Å². The van der Waals surface area contributed by atoms with Crippen molar-refractivity contribution in [2.24, 2.45) is 0 Å². The maximum atomic E-state index is 13.3. The Morgan fingerprint density at radius 2 is 1.38 bits per heavy atom. The lowest BCUT2D eigenvalue weighted by atomic mass is 9.91. The molecule has 1 aliphatic heterocycles. The third-order valence-corrected chi connectivity index (χ3v) is 7.15. The maximum Gasteiger partial charge on any atom is 0.416 e. The van der Waals surface area contributed by atoms with Gasteiger partial charge in [0.2, 0.25) is 0 Å². The molecule has 1 aliphatic rings. The Morgan fingerprint density at radius 3 is 1.88 bits per heavy atom. The number of carbonyl (C=O) groups is 2. The smallest absolute Gasteiger partial charge is 0.416 e. The average molecular weight is 573 g/mol. The molecule has 0 aromatic heterocycles. The molecule has 214 valence electrons. The van der Waals surface area contributed by atoms with Gasteiger partial charge in [-0.3, -0.25) is 4.79 Å². The number of halogens is 3. The summed E-state index contributed by atoms with van der Waals surface area (Å²) in [6, 6.07) is 30.2. The number of hydrogen-bond acceptors (Lipinski definition) is 5. The van der Waals surface area contributed by atoms with E-state index >= 15 is 0 Å². The molecule has 0 aliphatic carbocycles. The number of benzene rings is 4. The molecular formula is C34H27F3O5. The van der Waals surface area contributed by atoms with E-state index in [1.54, 1.807) is 30.3 Å². The molecule has 5 nitrogen and oxygen atoms in total. The number of hydrogen-bond donors (Lipinski definition) is 1. The lowest BCUT2D eigenvalue weighted by molar-refractivity contribution is -0.166. The van der Waals surface area contributed by atoms with Crippen molar-refractivity contribution in [3.05, 3.63) is 137 Å². The SMILES string of the molecule is O=C1OC(CO)(COC(=O)C(c2ccccc2)c2ccccc2)C/C1=C\c1ccc(-c2ccc(C(F)(F)F)cc2)cc1. The zero-order chi connectivity index (χ0) is 29.7. The van der Waals surface area contributed by atoms with Gasteiger partial charge in [-0.1, -0.05) is 97.1 Å². The van der Waals surface area contributed by atoms with Gasteiger partial charge in [-0.2, -0.15) is 13.2 Å². The monoisotopic (exact) mass is 572 g/mol. The first-order valence-electron chi connectivity index (χ1n) is 13.3. The van der Waals surface area contributed by atoms with Crippen molar-refractivity contribution in [2.75, 3.05) is 13.2 Å². The van der Waals surface area contributed by atoms with Crippen LogP contribution in [0.1, 0.15) is 34.6 Å². The lowest BCUT2D eigenvalue weighted by Gasteiger charge is -2.26. The number of rotatable bonds is 8. The van der Waals surface area contributed by atoms with E-state index in [0.29, 0.717) is 22.3 Å². The Labute approximate surface area is 240 Å². The zero-order valence-electron chi connectivity index (χ0n) is 22.4. The van der Waals surface area contributed by atoms with Gasteiger partial charge in [0.15, 0.2) is 5.60 Å². The first kappa shape index (κ1) is 28.8. The first-order valence-corrected chi connectivity index (χ1v) is 13.3. The minimum absolute atomic E-state index is 0.0254. The molecule has 1 heterocycles. The summed E-state index contributed by atoms with van der Waals surface area (Å²) in [5.41, 5.74) is 1.64. The van der Waals surface area contributed by atoms with Crippen LogP contribution in [0.3, 0.4) is 0 Å². The number of aliphatic hydroxyl groups excluding tert-OH is 1. The fraction of sp³-hybridized carbons (Fsp3) is 0.176. The molecule has 0 spiro atoms. The summed E-state index contributed by atoms with van der Waals surface area (Å²) in [5, 5.41) is 10.2. The summed E-state index contributed by atoms with van der Waals surface area (Å²) in [5.74, 6) is -1.86. The lowest BCUT2D eigenvalue weighted by Crippen LogP contribution is -2.40. The first-order chi connectivity index (χ1) is 20.2. The molecule has 1 fully saturated rings. The zero-order valence-corrected chi connectivity index (χ0v) is 22.4. The summed E-state index contributed by atoms with van der Waals surface area (Å²) in [7, 11) is 0. The molecule has 1 unspecified atom stereocenters. The Hall–Kier alpha value is -4.69. The molecule has 0 saturated carbocycles. The van der Waals surface area contributed by atoms with Gasteiger partial charge in [-0.25, -0.2) is 4.79 Å². The van der Waals surface area contributed by atoms with Crippen LogP contribution in [0, 0.1) is 0 Å². The fourth-order valence-corrected chi connectivity index (χ4v) is 4.91. The molecular weight excluding hydrogens is 545 g/mol. The molecule has 1 N–H and O–H groups in total. The number of carbonyl (C=O) groups excluding carboxylic acids is 2. The van der Waals surface area contributed by atoms with E-state index in [-0.39, 0.29) is 13.0 Å². The van der Waals surface area contributed by atoms with Gasteiger partial charge in [-0.05, 0) is 46.0 Å². The minimum atomic E-state index is -4.40. The van der Waals surface area contributed by atoms with Gasteiger partial charge in [-0.15, -0.1) is 0 Å². The van der Waals surface area contributed by atoms with Crippen LogP contribution in [0.4, 0.5) is 13.2 Å². The summed E-state index contributed by atoms with van der Waals surface area (Å²) in [6.07, 6.45) is -2.76. The second-order valence-corrected chi connectivity index (χ2v) is 10.1. The van der Waals surface area contributed by atoms with Gasteiger partial charge in [0.05, 0.1) is 12.2 Å². The molecule has 5 rings (SSSR count). The van der Waals surface area contributed by atoms with Crippen LogP contribution in [0.5, 0.6) is 0 Å².